The van der Waals surface area contributed by atoms with E-state index in [0.29, 0.717) is 34.6 Å². The van der Waals surface area contributed by atoms with Gasteiger partial charge >= 0.3 is 5.97 Å². The Hall–Kier alpha value is -5.62. The van der Waals surface area contributed by atoms with Crippen LogP contribution in [-0.2, 0) is 0 Å². The van der Waals surface area contributed by atoms with Gasteiger partial charge in [0.1, 0.15) is 11.8 Å². The maximum absolute atomic E-state index is 13.2. The summed E-state index contributed by atoms with van der Waals surface area (Å²) in [6.45, 7) is 2.15. The second-order valence-electron chi connectivity index (χ2n) is 8.29. The van der Waals surface area contributed by atoms with Crippen LogP contribution in [0.1, 0.15) is 39.1 Å². The molecule has 0 saturated carbocycles. The van der Waals surface area contributed by atoms with Crippen molar-refractivity contribution in [3.05, 3.63) is 108 Å². The SMILES string of the molecule is CCOc1cc(C=NNC(=O)c2[nH]c3c(C#N)cccc3c2-c2ccccc2)ccc1OC(=O)c1ccco1. The molecule has 1 amide bonds. The number of carbonyl (C=O) groups is 2. The van der Waals surface area contributed by atoms with Crippen molar-refractivity contribution in [3.8, 4) is 28.7 Å². The van der Waals surface area contributed by atoms with Crippen molar-refractivity contribution < 1.29 is 23.5 Å². The van der Waals surface area contributed by atoms with Crippen LogP contribution in [0.15, 0.2) is 94.6 Å². The van der Waals surface area contributed by atoms with Gasteiger partial charge in [0.05, 0.1) is 30.2 Å². The summed E-state index contributed by atoms with van der Waals surface area (Å²) >= 11 is 0. The van der Waals surface area contributed by atoms with Gasteiger partial charge < -0.3 is 18.9 Å². The molecule has 0 aliphatic heterocycles. The Labute approximate surface area is 223 Å². The van der Waals surface area contributed by atoms with Gasteiger partial charge in [-0.05, 0) is 54.4 Å². The summed E-state index contributed by atoms with van der Waals surface area (Å²) in [7, 11) is 0. The van der Waals surface area contributed by atoms with Crippen LogP contribution in [0, 0.1) is 11.3 Å². The van der Waals surface area contributed by atoms with E-state index in [1.54, 1.807) is 36.4 Å². The number of amides is 1. The molecule has 0 radical (unpaired) electrons. The molecule has 39 heavy (non-hydrogen) atoms. The first-order valence-electron chi connectivity index (χ1n) is 12.0. The molecule has 9 heteroatoms. The number of aromatic nitrogens is 1. The summed E-state index contributed by atoms with van der Waals surface area (Å²) in [5.74, 6) is -0.502. The van der Waals surface area contributed by atoms with E-state index in [2.05, 4.69) is 21.6 Å². The summed E-state index contributed by atoms with van der Waals surface area (Å²) in [5.41, 5.74) is 5.95. The van der Waals surface area contributed by atoms with Crippen LogP contribution in [0.2, 0.25) is 0 Å². The number of nitrogens with one attached hydrogen (secondary N) is 2. The number of esters is 1. The van der Waals surface area contributed by atoms with Crippen LogP contribution >= 0.6 is 0 Å². The lowest BCUT2D eigenvalue weighted by Crippen LogP contribution is -2.19. The van der Waals surface area contributed by atoms with Crippen molar-refractivity contribution in [1.82, 2.24) is 10.4 Å². The van der Waals surface area contributed by atoms with E-state index in [9.17, 15) is 14.9 Å². The number of nitriles is 1. The normalized spacial score (nSPS) is 10.9. The van der Waals surface area contributed by atoms with Gasteiger partial charge in [0.15, 0.2) is 11.5 Å². The molecule has 2 heterocycles. The average Bonchev–Trinajstić information content (AvgIpc) is 3.64. The van der Waals surface area contributed by atoms with Crippen LogP contribution in [-0.4, -0.2) is 29.7 Å². The highest BCUT2D eigenvalue weighted by Crippen LogP contribution is 2.34. The minimum atomic E-state index is -0.651. The number of aromatic amines is 1. The van der Waals surface area contributed by atoms with E-state index >= 15 is 0 Å². The Bertz CT molecular complexity index is 1710. The van der Waals surface area contributed by atoms with E-state index in [1.165, 1.54) is 18.5 Å². The smallest absolute Gasteiger partial charge is 0.379 e. The van der Waals surface area contributed by atoms with Gasteiger partial charge in [-0.2, -0.15) is 10.4 Å². The first kappa shape index (κ1) is 25.0. The zero-order chi connectivity index (χ0) is 27.2. The van der Waals surface area contributed by atoms with Gasteiger partial charge in [-0.3, -0.25) is 4.79 Å². The number of carbonyl (C=O) groups excluding carboxylic acids is 2. The molecule has 0 aliphatic carbocycles. The van der Waals surface area contributed by atoms with Gasteiger partial charge in [0.2, 0.25) is 5.76 Å². The third-order valence-corrected chi connectivity index (χ3v) is 5.82. The van der Waals surface area contributed by atoms with Crippen molar-refractivity contribution in [2.24, 2.45) is 5.10 Å². The molecule has 0 atom stereocenters. The summed E-state index contributed by atoms with van der Waals surface area (Å²) < 4.78 is 16.1. The molecule has 5 rings (SSSR count). The lowest BCUT2D eigenvalue weighted by atomic mass is 10.0. The first-order valence-corrected chi connectivity index (χ1v) is 12.0. The highest BCUT2D eigenvalue weighted by molar-refractivity contribution is 6.10. The lowest BCUT2D eigenvalue weighted by Gasteiger charge is -2.10. The van der Waals surface area contributed by atoms with E-state index in [0.717, 1.165) is 10.9 Å². The van der Waals surface area contributed by atoms with Crippen LogP contribution in [0.25, 0.3) is 22.0 Å². The van der Waals surface area contributed by atoms with Crippen molar-refractivity contribution >= 4 is 29.0 Å². The van der Waals surface area contributed by atoms with Gasteiger partial charge in [-0.1, -0.05) is 42.5 Å². The molecule has 0 spiro atoms. The number of hydrazone groups is 1. The number of benzene rings is 3. The highest BCUT2D eigenvalue weighted by atomic mass is 16.6. The lowest BCUT2D eigenvalue weighted by molar-refractivity contribution is 0.0695. The number of hydrogen-bond acceptors (Lipinski definition) is 7. The number of nitrogens with zero attached hydrogens (tertiary/aromatic N) is 2. The fourth-order valence-corrected chi connectivity index (χ4v) is 4.11. The van der Waals surface area contributed by atoms with E-state index in [-0.39, 0.29) is 17.2 Å². The Morgan fingerprint density at radius 1 is 1.05 bits per heavy atom. The molecule has 0 aliphatic rings. The van der Waals surface area contributed by atoms with Gasteiger partial charge in [0, 0.05) is 10.9 Å². The van der Waals surface area contributed by atoms with Crippen molar-refractivity contribution in [2.75, 3.05) is 6.61 Å². The third-order valence-electron chi connectivity index (χ3n) is 5.82. The van der Waals surface area contributed by atoms with Crippen molar-refractivity contribution in [3.63, 3.8) is 0 Å². The Morgan fingerprint density at radius 3 is 2.64 bits per heavy atom. The van der Waals surface area contributed by atoms with Crippen molar-refractivity contribution in [2.45, 2.75) is 6.92 Å². The van der Waals surface area contributed by atoms with Crippen LogP contribution in [0.4, 0.5) is 0 Å². The number of para-hydroxylation sites is 1. The molecule has 2 N–H and O–H groups in total. The summed E-state index contributed by atoms with van der Waals surface area (Å²) in [6, 6.07) is 24.9. The van der Waals surface area contributed by atoms with Gasteiger partial charge in [-0.15, -0.1) is 0 Å². The first-order chi connectivity index (χ1) is 19.1. The summed E-state index contributed by atoms with van der Waals surface area (Å²) in [4.78, 5) is 28.6. The fourth-order valence-electron chi connectivity index (χ4n) is 4.11. The van der Waals surface area contributed by atoms with E-state index < -0.39 is 11.9 Å². The molecular weight excluding hydrogens is 496 g/mol. The predicted octanol–water partition coefficient (Wildman–Crippen LogP) is 5.68. The number of furan rings is 1. The van der Waals surface area contributed by atoms with Gasteiger partial charge in [-0.25, -0.2) is 10.2 Å². The number of fused-ring (bicyclic) bond motifs is 1. The average molecular weight is 519 g/mol. The minimum Gasteiger partial charge on any atom is -0.490 e. The number of hydrogen-bond donors (Lipinski definition) is 2. The molecule has 9 nitrogen and oxygen atoms in total. The van der Waals surface area contributed by atoms with Crippen LogP contribution < -0.4 is 14.9 Å². The zero-order valence-electron chi connectivity index (χ0n) is 20.8. The second-order valence-corrected chi connectivity index (χ2v) is 8.29. The highest BCUT2D eigenvalue weighted by Gasteiger charge is 2.20. The fraction of sp³-hybridized carbons (Fsp3) is 0.0667. The topological polar surface area (TPSA) is 130 Å². The standard InChI is InChI=1S/C30H22N4O5/c1-2-37-25-16-19(13-14-23(25)39-30(36)24-12-7-15-38-24)18-32-34-29(35)28-26(20-8-4-3-5-9-20)22-11-6-10-21(17-31)27(22)33-28/h3-16,18,33H,2H2,1H3,(H,34,35). The molecular formula is C30H22N4O5. The van der Waals surface area contributed by atoms with E-state index in [1.807, 2.05) is 43.3 Å². The number of ether oxygens (including phenoxy) is 2. The molecule has 3 aromatic carbocycles. The van der Waals surface area contributed by atoms with Crippen LogP contribution in [0.5, 0.6) is 11.5 Å². The van der Waals surface area contributed by atoms with Gasteiger partial charge in [0.25, 0.3) is 5.91 Å². The largest absolute Gasteiger partial charge is 0.490 e. The second kappa shape index (κ2) is 11.2. The number of rotatable bonds is 8. The zero-order valence-corrected chi connectivity index (χ0v) is 20.8. The molecule has 0 bridgehead atoms. The number of H-pyrrole nitrogens is 1. The third kappa shape index (κ3) is 5.26. The molecule has 192 valence electrons. The molecule has 0 fully saturated rings. The molecule has 0 saturated heterocycles. The summed E-state index contributed by atoms with van der Waals surface area (Å²) in [6.07, 6.45) is 2.83. The predicted molar refractivity (Wildman–Crippen MR) is 145 cm³/mol. The molecule has 0 unspecified atom stereocenters. The molecule has 5 aromatic rings. The minimum absolute atomic E-state index is 0.0690. The Kier molecular flexibility index (Phi) is 7.19. The Morgan fingerprint density at radius 2 is 1.90 bits per heavy atom. The molecule has 2 aromatic heterocycles. The van der Waals surface area contributed by atoms with E-state index in [4.69, 9.17) is 13.9 Å². The maximum Gasteiger partial charge on any atom is 0.379 e. The van der Waals surface area contributed by atoms with Crippen molar-refractivity contribution in [1.29, 1.82) is 5.26 Å². The van der Waals surface area contributed by atoms with Crippen LogP contribution in [0.3, 0.4) is 0 Å². The quantitative estimate of drug-likeness (QED) is 0.118. The monoisotopic (exact) mass is 518 g/mol. The Balaban J connectivity index is 1.39. The summed E-state index contributed by atoms with van der Waals surface area (Å²) in [5, 5.41) is 14.4. The maximum atomic E-state index is 13.2.